The predicted octanol–water partition coefficient (Wildman–Crippen LogP) is 4.29. The Morgan fingerprint density at radius 2 is 1.47 bits per heavy atom. The van der Waals surface area contributed by atoms with Crippen molar-refractivity contribution in [3.8, 4) is 0 Å². The van der Waals surface area contributed by atoms with Gasteiger partial charge in [0.05, 0.1) is 16.7 Å². The van der Waals surface area contributed by atoms with Crippen molar-refractivity contribution in [3.63, 3.8) is 0 Å². The quantitative estimate of drug-likeness (QED) is 0.336. The zero-order valence-electron chi connectivity index (χ0n) is 15.3. The molecule has 0 radical (unpaired) electrons. The molecule has 9 heteroatoms. The Hall–Kier alpha value is -3.26. The Kier molecular flexibility index (Phi) is 6.47. The summed E-state index contributed by atoms with van der Waals surface area (Å²) in [6, 6.07) is 18.2. The van der Waals surface area contributed by atoms with Gasteiger partial charge in [-0.2, -0.15) is 5.10 Å². The van der Waals surface area contributed by atoms with Gasteiger partial charge in [-0.05, 0) is 41.5 Å². The van der Waals surface area contributed by atoms with Crippen molar-refractivity contribution < 1.29 is 14.8 Å². The first-order valence-corrected chi connectivity index (χ1v) is 9.39. The lowest BCUT2D eigenvalue weighted by molar-refractivity contribution is -0.385. The summed E-state index contributed by atoms with van der Waals surface area (Å²) in [7, 11) is 0. The molecule has 0 saturated carbocycles. The van der Waals surface area contributed by atoms with Gasteiger partial charge in [0.25, 0.3) is 11.6 Å². The fourth-order valence-corrected chi connectivity index (χ4v) is 3.07. The number of hydrogen-bond acceptors (Lipinski definition) is 5. The van der Waals surface area contributed by atoms with Gasteiger partial charge < -0.3 is 5.11 Å². The van der Waals surface area contributed by atoms with Crippen molar-refractivity contribution in [2.24, 2.45) is 5.10 Å². The molecule has 2 N–H and O–H groups in total. The van der Waals surface area contributed by atoms with E-state index in [1.165, 1.54) is 42.5 Å². The van der Waals surface area contributed by atoms with Gasteiger partial charge in [0.15, 0.2) is 5.60 Å². The molecule has 0 aliphatic carbocycles. The van der Waals surface area contributed by atoms with Gasteiger partial charge in [-0.15, -0.1) is 0 Å². The highest BCUT2D eigenvalue weighted by Gasteiger charge is 2.40. The SMILES string of the molecule is O=C(N/N=C\c1ccccc1[N+](=O)[O-])C(O)(c1ccc(Cl)cc1)c1ccc(Cl)cc1. The van der Waals surface area contributed by atoms with Crippen molar-refractivity contribution in [2.75, 3.05) is 0 Å². The molecule has 0 spiro atoms. The van der Waals surface area contributed by atoms with E-state index >= 15 is 0 Å². The molecular formula is C21H15Cl2N3O4. The summed E-state index contributed by atoms with van der Waals surface area (Å²) in [4.78, 5) is 23.5. The number of para-hydroxylation sites is 1. The summed E-state index contributed by atoms with van der Waals surface area (Å²) in [5, 5.41) is 27.1. The summed E-state index contributed by atoms with van der Waals surface area (Å²) >= 11 is 11.8. The van der Waals surface area contributed by atoms with Gasteiger partial charge in [0.2, 0.25) is 0 Å². The molecule has 3 rings (SSSR count). The van der Waals surface area contributed by atoms with E-state index in [0.717, 1.165) is 6.21 Å². The molecule has 0 saturated heterocycles. The van der Waals surface area contributed by atoms with Crippen molar-refractivity contribution in [2.45, 2.75) is 5.60 Å². The summed E-state index contributed by atoms with van der Waals surface area (Å²) in [5.74, 6) is -0.859. The van der Waals surface area contributed by atoms with E-state index in [1.807, 2.05) is 0 Å². The minimum Gasteiger partial charge on any atom is -0.372 e. The van der Waals surface area contributed by atoms with Crippen LogP contribution in [0.3, 0.4) is 0 Å². The number of amides is 1. The average Bonchev–Trinajstić information content (AvgIpc) is 2.74. The molecule has 0 aromatic heterocycles. The summed E-state index contributed by atoms with van der Waals surface area (Å²) < 4.78 is 0. The number of nitrogens with one attached hydrogen (secondary N) is 1. The Balaban J connectivity index is 1.94. The van der Waals surface area contributed by atoms with Crippen LogP contribution in [0.5, 0.6) is 0 Å². The Morgan fingerprint density at radius 1 is 0.967 bits per heavy atom. The third-order valence-electron chi connectivity index (χ3n) is 4.36. The smallest absolute Gasteiger partial charge is 0.281 e. The number of carbonyl (C=O) groups excluding carboxylic acids is 1. The molecule has 30 heavy (non-hydrogen) atoms. The molecule has 0 heterocycles. The molecule has 3 aromatic carbocycles. The van der Waals surface area contributed by atoms with Crippen LogP contribution in [0.2, 0.25) is 10.0 Å². The normalized spacial score (nSPS) is 11.4. The van der Waals surface area contributed by atoms with Crippen molar-refractivity contribution in [1.29, 1.82) is 0 Å². The van der Waals surface area contributed by atoms with Crippen LogP contribution in [-0.4, -0.2) is 22.2 Å². The highest BCUT2D eigenvalue weighted by Crippen LogP contribution is 2.31. The Morgan fingerprint density at radius 3 is 1.97 bits per heavy atom. The summed E-state index contributed by atoms with van der Waals surface area (Å²) in [6.45, 7) is 0. The number of hydrogen-bond donors (Lipinski definition) is 2. The van der Waals surface area contributed by atoms with Gasteiger partial charge in [-0.1, -0.05) is 59.6 Å². The number of rotatable bonds is 6. The highest BCUT2D eigenvalue weighted by molar-refractivity contribution is 6.30. The number of benzene rings is 3. The molecule has 7 nitrogen and oxygen atoms in total. The second kappa shape index (κ2) is 9.04. The minimum atomic E-state index is -2.10. The first-order chi connectivity index (χ1) is 14.3. The lowest BCUT2D eigenvalue weighted by atomic mass is 9.85. The molecule has 152 valence electrons. The molecule has 3 aromatic rings. The van der Waals surface area contributed by atoms with E-state index in [0.29, 0.717) is 10.0 Å². The third-order valence-corrected chi connectivity index (χ3v) is 4.86. The highest BCUT2D eigenvalue weighted by atomic mass is 35.5. The Bertz CT molecular complexity index is 1050. The van der Waals surface area contributed by atoms with Gasteiger partial charge >= 0.3 is 0 Å². The third kappa shape index (κ3) is 4.49. The number of carbonyl (C=O) groups is 1. The van der Waals surface area contributed by atoms with Gasteiger partial charge in [0.1, 0.15) is 0 Å². The van der Waals surface area contributed by atoms with Crippen molar-refractivity contribution in [1.82, 2.24) is 5.43 Å². The maximum Gasteiger partial charge on any atom is 0.281 e. The maximum absolute atomic E-state index is 13.0. The largest absolute Gasteiger partial charge is 0.372 e. The first kappa shape index (κ1) is 21.4. The summed E-state index contributed by atoms with van der Waals surface area (Å²) in [6.07, 6.45) is 1.14. The standard InChI is InChI=1S/C21H15Cl2N3O4/c22-17-9-5-15(6-10-17)21(28,16-7-11-18(23)12-8-16)20(27)25-24-13-14-3-1-2-4-19(14)26(29)30/h1-13,28H,(H,25,27)/b24-13-. The predicted molar refractivity (Wildman–Crippen MR) is 115 cm³/mol. The van der Waals surface area contributed by atoms with E-state index in [-0.39, 0.29) is 22.4 Å². The number of aliphatic hydroxyl groups is 1. The molecule has 0 aliphatic heterocycles. The number of halogens is 2. The molecule has 0 atom stereocenters. The lowest BCUT2D eigenvalue weighted by Gasteiger charge is -2.27. The van der Waals surface area contributed by atoms with Crippen LogP contribution in [0.1, 0.15) is 16.7 Å². The molecule has 0 unspecified atom stereocenters. The van der Waals surface area contributed by atoms with Crippen LogP contribution >= 0.6 is 23.2 Å². The zero-order chi connectivity index (χ0) is 21.7. The maximum atomic E-state index is 13.0. The van der Waals surface area contributed by atoms with Crippen LogP contribution < -0.4 is 5.43 Å². The number of nitro groups is 1. The van der Waals surface area contributed by atoms with Crippen LogP contribution in [0.15, 0.2) is 77.9 Å². The van der Waals surface area contributed by atoms with E-state index in [9.17, 15) is 20.0 Å². The lowest BCUT2D eigenvalue weighted by Crippen LogP contribution is -2.43. The second-order valence-corrected chi connectivity index (χ2v) is 7.11. The van der Waals surface area contributed by atoms with Crippen molar-refractivity contribution in [3.05, 3.63) is 110 Å². The van der Waals surface area contributed by atoms with Gasteiger partial charge in [-0.25, -0.2) is 5.43 Å². The zero-order valence-corrected chi connectivity index (χ0v) is 16.8. The average molecular weight is 444 g/mol. The molecular weight excluding hydrogens is 429 g/mol. The number of hydrazone groups is 1. The van der Waals surface area contributed by atoms with Gasteiger partial charge in [0, 0.05) is 16.1 Å². The van der Waals surface area contributed by atoms with Crippen LogP contribution in [0, 0.1) is 10.1 Å². The number of nitrogens with zero attached hydrogens (tertiary/aromatic N) is 2. The molecule has 1 amide bonds. The van der Waals surface area contributed by atoms with E-state index < -0.39 is 16.4 Å². The van der Waals surface area contributed by atoms with E-state index in [1.54, 1.807) is 30.3 Å². The van der Waals surface area contributed by atoms with Crippen LogP contribution in [0.25, 0.3) is 0 Å². The molecule has 0 aliphatic rings. The fourth-order valence-electron chi connectivity index (χ4n) is 2.82. The number of nitro benzene ring substituents is 1. The first-order valence-electron chi connectivity index (χ1n) is 8.64. The second-order valence-electron chi connectivity index (χ2n) is 6.24. The van der Waals surface area contributed by atoms with Crippen LogP contribution in [0.4, 0.5) is 5.69 Å². The molecule has 0 fully saturated rings. The van der Waals surface area contributed by atoms with E-state index in [4.69, 9.17) is 23.2 Å². The van der Waals surface area contributed by atoms with Gasteiger partial charge in [-0.3, -0.25) is 14.9 Å². The van der Waals surface area contributed by atoms with E-state index in [2.05, 4.69) is 10.5 Å². The topological polar surface area (TPSA) is 105 Å². The monoisotopic (exact) mass is 443 g/mol. The Labute approximate surface area is 181 Å². The van der Waals surface area contributed by atoms with Crippen molar-refractivity contribution >= 4 is 41.0 Å². The summed E-state index contributed by atoms with van der Waals surface area (Å²) in [5.41, 5.74) is 0.701. The molecule has 0 bridgehead atoms. The fraction of sp³-hybridized carbons (Fsp3) is 0.0476. The minimum absolute atomic E-state index is 0.166. The van der Waals surface area contributed by atoms with Crippen LogP contribution in [-0.2, 0) is 10.4 Å².